The minimum atomic E-state index is -0.813. The van der Waals surface area contributed by atoms with Gasteiger partial charge in [-0.25, -0.2) is 8.78 Å². The minimum Gasteiger partial charge on any atom is -0.387 e. The van der Waals surface area contributed by atoms with Gasteiger partial charge in [-0.1, -0.05) is 20.8 Å². The van der Waals surface area contributed by atoms with Crippen molar-refractivity contribution in [2.45, 2.75) is 38.7 Å². The third kappa shape index (κ3) is 3.44. The van der Waals surface area contributed by atoms with Gasteiger partial charge in [0.05, 0.1) is 6.10 Å². The van der Waals surface area contributed by atoms with Gasteiger partial charge >= 0.3 is 0 Å². The summed E-state index contributed by atoms with van der Waals surface area (Å²) in [6, 6.07) is 7.13. The molecule has 0 aliphatic rings. The topological polar surface area (TPSA) is 20.2 Å². The summed E-state index contributed by atoms with van der Waals surface area (Å²) in [5.74, 6) is -0.979. The molecule has 4 heteroatoms. The molecule has 2 rings (SSSR count). The molecule has 0 spiro atoms. The lowest BCUT2D eigenvalue weighted by Gasteiger charge is -2.15. The van der Waals surface area contributed by atoms with Crippen molar-refractivity contribution < 1.29 is 13.9 Å². The highest BCUT2D eigenvalue weighted by Gasteiger charge is 2.19. The molecule has 1 atom stereocenters. The van der Waals surface area contributed by atoms with Crippen LogP contribution in [-0.2, 0) is 11.8 Å². The van der Waals surface area contributed by atoms with Crippen LogP contribution in [0.4, 0.5) is 8.78 Å². The number of aliphatic hydroxyl groups excluding tert-OH is 1. The Morgan fingerprint density at radius 2 is 1.85 bits per heavy atom. The number of hydrogen-bond acceptors (Lipinski definition) is 2. The Kier molecular flexibility index (Phi) is 4.25. The minimum absolute atomic E-state index is 0.0206. The van der Waals surface area contributed by atoms with Crippen LogP contribution in [0.25, 0.3) is 0 Å². The fourth-order valence-corrected chi connectivity index (χ4v) is 3.00. The first kappa shape index (κ1) is 15.1. The van der Waals surface area contributed by atoms with Crippen molar-refractivity contribution in [1.29, 1.82) is 0 Å². The van der Waals surface area contributed by atoms with Gasteiger partial charge in [-0.05, 0) is 41.3 Å². The summed E-state index contributed by atoms with van der Waals surface area (Å²) in [4.78, 5) is 1.94. The lowest BCUT2D eigenvalue weighted by molar-refractivity contribution is 0.181. The molecule has 1 aromatic carbocycles. The van der Waals surface area contributed by atoms with Gasteiger partial charge in [0.25, 0.3) is 0 Å². The molecule has 0 aliphatic heterocycles. The van der Waals surface area contributed by atoms with Gasteiger partial charge in [-0.15, -0.1) is 11.3 Å². The molecule has 20 heavy (non-hydrogen) atoms. The number of thiophene rings is 1. The molecular weight excluding hydrogens is 278 g/mol. The molecule has 0 fully saturated rings. The highest BCUT2D eigenvalue weighted by Crippen LogP contribution is 2.33. The number of rotatable bonds is 3. The third-order valence-corrected chi connectivity index (χ3v) is 4.73. The van der Waals surface area contributed by atoms with Gasteiger partial charge in [0.1, 0.15) is 11.6 Å². The molecule has 0 saturated carbocycles. The second-order valence-corrected chi connectivity index (χ2v) is 7.02. The van der Waals surface area contributed by atoms with Crippen molar-refractivity contribution in [3.63, 3.8) is 0 Å². The molecule has 0 amide bonds. The van der Waals surface area contributed by atoms with Crippen LogP contribution >= 0.6 is 11.3 Å². The highest BCUT2D eigenvalue weighted by molar-refractivity contribution is 7.12. The van der Waals surface area contributed by atoms with Gasteiger partial charge in [0.15, 0.2) is 0 Å². The average molecular weight is 296 g/mol. The van der Waals surface area contributed by atoms with Crippen LogP contribution in [0.2, 0.25) is 0 Å². The predicted molar refractivity (Wildman–Crippen MR) is 78.0 cm³/mol. The third-order valence-electron chi connectivity index (χ3n) is 3.12. The monoisotopic (exact) mass is 296 g/mol. The summed E-state index contributed by atoms with van der Waals surface area (Å²) in [7, 11) is 0. The standard InChI is InChI=1S/C16H18F2OS/c1-16(2,3)15-7-6-14(20-15)13(19)9-10-8-11(17)4-5-12(10)18/h4-8,13,19H,9H2,1-3H3. The van der Waals surface area contributed by atoms with E-state index in [1.165, 1.54) is 11.3 Å². The number of benzene rings is 1. The van der Waals surface area contributed by atoms with Gasteiger partial charge in [-0.2, -0.15) is 0 Å². The second kappa shape index (κ2) is 5.62. The number of hydrogen-bond donors (Lipinski definition) is 1. The van der Waals surface area contributed by atoms with Crippen LogP contribution in [0, 0.1) is 11.6 Å². The number of aliphatic hydroxyl groups is 1. The molecule has 2 aromatic rings. The van der Waals surface area contributed by atoms with Crippen molar-refractivity contribution in [2.75, 3.05) is 0 Å². The van der Waals surface area contributed by atoms with E-state index < -0.39 is 17.7 Å². The summed E-state index contributed by atoms with van der Waals surface area (Å²) in [5, 5.41) is 10.2. The van der Waals surface area contributed by atoms with Crippen LogP contribution in [0.3, 0.4) is 0 Å². The van der Waals surface area contributed by atoms with Crippen LogP contribution < -0.4 is 0 Å². The van der Waals surface area contributed by atoms with Crippen molar-refractivity contribution in [3.8, 4) is 0 Å². The number of halogens is 2. The summed E-state index contributed by atoms with van der Waals surface area (Å²) >= 11 is 1.51. The molecule has 1 nitrogen and oxygen atoms in total. The zero-order valence-electron chi connectivity index (χ0n) is 11.8. The van der Waals surface area contributed by atoms with Crippen LogP contribution in [0.1, 0.15) is 42.2 Å². The van der Waals surface area contributed by atoms with Crippen molar-refractivity contribution in [2.24, 2.45) is 0 Å². The predicted octanol–water partition coefficient (Wildman–Crippen LogP) is 4.60. The molecule has 0 bridgehead atoms. The van der Waals surface area contributed by atoms with Crippen LogP contribution in [-0.4, -0.2) is 5.11 Å². The lowest BCUT2D eigenvalue weighted by Crippen LogP contribution is -2.08. The first-order valence-electron chi connectivity index (χ1n) is 6.49. The summed E-state index contributed by atoms with van der Waals surface area (Å²) in [5.41, 5.74) is 0.218. The summed E-state index contributed by atoms with van der Waals surface area (Å²) in [6.07, 6.45) is -0.736. The van der Waals surface area contributed by atoms with E-state index in [2.05, 4.69) is 20.8 Å². The maximum Gasteiger partial charge on any atom is 0.126 e. The van der Waals surface area contributed by atoms with Gasteiger partial charge in [-0.3, -0.25) is 0 Å². The van der Waals surface area contributed by atoms with E-state index in [0.717, 1.165) is 28.0 Å². The van der Waals surface area contributed by atoms with Gasteiger partial charge in [0, 0.05) is 16.2 Å². The second-order valence-electron chi connectivity index (χ2n) is 5.91. The molecule has 108 valence electrons. The maximum absolute atomic E-state index is 13.6. The zero-order valence-corrected chi connectivity index (χ0v) is 12.6. The SMILES string of the molecule is CC(C)(C)c1ccc(C(O)Cc2cc(F)ccc2F)s1. The van der Waals surface area contributed by atoms with E-state index >= 15 is 0 Å². The fourth-order valence-electron chi connectivity index (χ4n) is 1.94. The first-order valence-corrected chi connectivity index (χ1v) is 7.31. The molecular formula is C16H18F2OS. The van der Waals surface area contributed by atoms with Crippen LogP contribution in [0.15, 0.2) is 30.3 Å². The van der Waals surface area contributed by atoms with E-state index in [9.17, 15) is 13.9 Å². The Bertz CT molecular complexity index is 599. The van der Waals surface area contributed by atoms with E-state index in [1.54, 1.807) is 0 Å². The summed E-state index contributed by atoms with van der Waals surface area (Å²) < 4.78 is 26.7. The highest BCUT2D eigenvalue weighted by atomic mass is 32.1. The Labute approximate surface area is 121 Å². The maximum atomic E-state index is 13.6. The lowest BCUT2D eigenvalue weighted by atomic mass is 9.95. The smallest absolute Gasteiger partial charge is 0.126 e. The Hall–Kier alpha value is -1.26. The molecule has 0 saturated heterocycles. The van der Waals surface area contributed by atoms with Crippen LogP contribution in [0.5, 0.6) is 0 Å². The van der Waals surface area contributed by atoms with E-state index in [4.69, 9.17) is 0 Å². The van der Waals surface area contributed by atoms with Crippen molar-refractivity contribution in [1.82, 2.24) is 0 Å². The molecule has 1 N–H and O–H groups in total. The fraction of sp³-hybridized carbons (Fsp3) is 0.375. The van der Waals surface area contributed by atoms with Crippen molar-refractivity contribution >= 4 is 11.3 Å². The molecule has 1 heterocycles. The normalized spacial score (nSPS) is 13.5. The Morgan fingerprint density at radius 1 is 1.15 bits per heavy atom. The van der Waals surface area contributed by atoms with E-state index in [-0.39, 0.29) is 17.4 Å². The molecule has 1 unspecified atom stereocenters. The Balaban J connectivity index is 2.18. The summed E-state index contributed by atoms with van der Waals surface area (Å²) in [6.45, 7) is 6.30. The van der Waals surface area contributed by atoms with E-state index in [0.29, 0.717) is 0 Å². The van der Waals surface area contributed by atoms with Crippen molar-refractivity contribution in [3.05, 3.63) is 57.3 Å². The Morgan fingerprint density at radius 3 is 2.45 bits per heavy atom. The van der Waals surface area contributed by atoms with Gasteiger partial charge < -0.3 is 5.11 Å². The quantitative estimate of drug-likeness (QED) is 0.877. The molecule has 1 aromatic heterocycles. The molecule has 0 radical (unpaired) electrons. The molecule has 0 aliphatic carbocycles. The zero-order chi connectivity index (χ0) is 14.9. The van der Waals surface area contributed by atoms with E-state index in [1.807, 2.05) is 12.1 Å². The average Bonchev–Trinajstić information content (AvgIpc) is 2.83. The largest absolute Gasteiger partial charge is 0.387 e. The first-order chi connectivity index (χ1) is 9.27. The van der Waals surface area contributed by atoms with Gasteiger partial charge in [0.2, 0.25) is 0 Å².